The highest BCUT2D eigenvalue weighted by molar-refractivity contribution is 5.69. The SMILES string of the molecule is CC(Cn1nnnc1C1CCc2ccccc2C1)C(=O)O. The van der Waals surface area contributed by atoms with Crippen molar-refractivity contribution in [3.8, 4) is 0 Å². The number of nitrogens with zero attached hydrogens (tertiary/aromatic N) is 4. The Bertz CT molecular complexity index is 653. The summed E-state index contributed by atoms with van der Waals surface area (Å²) in [5.74, 6) is -0.262. The number of carboxylic acids is 1. The van der Waals surface area contributed by atoms with Gasteiger partial charge in [0.25, 0.3) is 0 Å². The van der Waals surface area contributed by atoms with Gasteiger partial charge in [0.15, 0.2) is 5.82 Å². The molecule has 1 aliphatic carbocycles. The summed E-state index contributed by atoms with van der Waals surface area (Å²) in [5.41, 5.74) is 2.74. The molecule has 1 aromatic carbocycles. The normalized spacial score (nSPS) is 19.0. The number of aliphatic carboxylic acids is 1. The number of aryl methyl sites for hydroxylation is 1. The van der Waals surface area contributed by atoms with Gasteiger partial charge >= 0.3 is 5.97 Å². The second-order valence-electron chi connectivity index (χ2n) is 5.67. The van der Waals surface area contributed by atoms with Gasteiger partial charge in [0, 0.05) is 5.92 Å². The molecule has 1 heterocycles. The number of carboxylic acid groups (broad SMARTS) is 1. The van der Waals surface area contributed by atoms with E-state index in [1.165, 1.54) is 11.1 Å². The van der Waals surface area contributed by atoms with E-state index in [0.29, 0.717) is 6.54 Å². The van der Waals surface area contributed by atoms with Crippen LogP contribution in [0.15, 0.2) is 24.3 Å². The number of carbonyl (C=O) groups is 1. The van der Waals surface area contributed by atoms with Crippen LogP contribution in [0.2, 0.25) is 0 Å². The lowest BCUT2D eigenvalue weighted by Crippen LogP contribution is -2.22. The summed E-state index contributed by atoms with van der Waals surface area (Å²) in [6.07, 6.45) is 2.93. The molecule has 6 heteroatoms. The molecule has 3 rings (SSSR count). The number of hydrogen-bond acceptors (Lipinski definition) is 4. The summed E-state index contributed by atoms with van der Waals surface area (Å²) < 4.78 is 1.65. The van der Waals surface area contributed by atoms with Crippen LogP contribution in [-0.2, 0) is 24.2 Å². The third kappa shape index (κ3) is 2.79. The summed E-state index contributed by atoms with van der Waals surface area (Å²) in [6.45, 7) is 1.99. The van der Waals surface area contributed by atoms with Crippen LogP contribution in [0.4, 0.5) is 0 Å². The number of benzene rings is 1. The fourth-order valence-corrected chi connectivity index (χ4v) is 2.89. The van der Waals surface area contributed by atoms with Crippen molar-refractivity contribution in [2.45, 2.75) is 38.6 Å². The topological polar surface area (TPSA) is 80.9 Å². The van der Waals surface area contributed by atoms with Gasteiger partial charge in [-0.15, -0.1) is 5.10 Å². The third-order valence-corrected chi connectivity index (χ3v) is 4.14. The lowest BCUT2D eigenvalue weighted by molar-refractivity contribution is -0.141. The zero-order valence-corrected chi connectivity index (χ0v) is 11.9. The van der Waals surface area contributed by atoms with Gasteiger partial charge in [-0.3, -0.25) is 4.79 Å². The molecule has 0 fully saturated rings. The summed E-state index contributed by atoms with van der Waals surface area (Å²) >= 11 is 0. The minimum atomic E-state index is -0.828. The van der Waals surface area contributed by atoms with Crippen molar-refractivity contribution in [1.82, 2.24) is 20.2 Å². The second-order valence-corrected chi connectivity index (χ2v) is 5.67. The van der Waals surface area contributed by atoms with Crippen LogP contribution < -0.4 is 0 Å². The summed E-state index contributed by atoms with van der Waals surface area (Å²) in [6, 6.07) is 8.44. The molecular formula is C15H18N4O2. The van der Waals surface area contributed by atoms with Crippen molar-refractivity contribution in [1.29, 1.82) is 0 Å². The number of tetrazole rings is 1. The van der Waals surface area contributed by atoms with Crippen LogP contribution in [0.5, 0.6) is 0 Å². The first-order valence-electron chi connectivity index (χ1n) is 7.21. The fourth-order valence-electron chi connectivity index (χ4n) is 2.89. The van der Waals surface area contributed by atoms with Crippen LogP contribution >= 0.6 is 0 Å². The highest BCUT2D eigenvalue weighted by Gasteiger charge is 2.26. The van der Waals surface area contributed by atoms with E-state index in [1.54, 1.807) is 11.6 Å². The van der Waals surface area contributed by atoms with Crippen molar-refractivity contribution in [3.05, 3.63) is 41.2 Å². The van der Waals surface area contributed by atoms with Crippen LogP contribution in [0.3, 0.4) is 0 Å². The van der Waals surface area contributed by atoms with Gasteiger partial charge in [-0.25, -0.2) is 4.68 Å². The van der Waals surface area contributed by atoms with E-state index < -0.39 is 11.9 Å². The van der Waals surface area contributed by atoms with Gasteiger partial charge < -0.3 is 5.11 Å². The van der Waals surface area contributed by atoms with E-state index in [1.807, 2.05) is 0 Å². The molecule has 1 N–H and O–H groups in total. The molecule has 110 valence electrons. The smallest absolute Gasteiger partial charge is 0.308 e. The van der Waals surface area contributed by atoms with Crippen molar-refractivity contribution in [2.24, 2.45) is 5.92 Å². The molecule has 2 atom stereocenters. The molecular weight excluding hydrogens is 268 g/mol. The number of aromatic nitrogens is 4. The summed E-state index contributed by atoms with van der Waals surface area (Å²) in [5, 5.41) is 20.9. The predicted molar refractivity (Wildman–Crippen MR) is 75.8 cm³/mol. The number of hydrogen-bond donors (Lipinski definition) is 1. The standard InChI is InChI=1S/C15H18N4O2/c1-10(15(20)21)9-19-14(16-17-18-19)13-7-6-11-4-2-3-5-12(11)8-13/h2-5,10,13H,6-9H2,1H3,(H,20,21). The zero-order valence-electron chi connectivity index (χ0n) is 11.9. The summed E-state index contributed by atoms with van der Waals surface area (Å²) in [4.78, 5) is 11.0. The van der Waals surface area contributed by atoms with Crippen molar-refractivity contribution >= 4 is 5.97 Å². The minimum Gasteiger partial charge on any atom is -0.481 e. The zero-order chi connectivity index (χ0) is 14.8. The van der Waals surface area contributed by atoms with E-state index in [4.69, 9.17) is 5.11 Å². The monoisotopic (exact) mass is 286 g/mol. The molecule has 0 saturated heterocycles. The maximum Gasteiger partial charge on any atom is 0.308 e. The molecule has 0 bridgehead atoms. The minimum absolute atomic E-state index is 0.260. The first kappa shape index (κ1) is 13.7. The van der Waals surface area contributed by atoms with Crippen LogP contribution in [0, 0.1) is 5.92 Å². The van der Waals surface area contributed by atoms with E-state index in [2.05, 4.69) is 39.8 Å². The summed E-state index contributed by atoms with van der Waals surface area (Å²) in [7, 11) is 0. The highest BCUT2D eigenvalue weighted by atomic mass is 16.4. The maximum absolute atomic E-state index is 11.0. The van der Waals surface area contributed by atoms with E-state index in [-0.39, 0.29) is 5.92 Å². The van der Waals surface area contributed by atoms with Crippen molar-refractivity contribution in [2.75, 3.05) is 0 Å². The quantitative estimate of drug-likeness (QED) is 0.924. The number of rotatable bonds is 4. The van der Waals surface area contributed by atoms with Gasteiger partial charge in [-0.1, -0.05) is 31.2 Å². The largest absolute Gasteiger partial charge is 0.481 e. The molecule has 0 saturated carbocycles. The Balaban J connectivity index is 1.80. The molecule has 6 nitrogen and oxygen atoms in total. The first-order chi connectivity index (χ1) is 10.1. The van der Waals surface area contributed by atoms with E-state index >= 15 is 0 Å². The molecule has 0 radical (unpaired) electrons. The molecule has 1 aromatic heterocycles. The highest BCUT2D eigenvalue weighted by Crippen LogP contribution is 2.31. The second kappa shape index (κ2) is 5.63. The average molecular weight is 286 g/mol. The molecule has 1 aliphatic rings. The van der Waals surface area contributed by atoms with Crippen LogP contribution in [-0.4, -0.2) is 31.3 Å². The Morgan fingerprint density at radius 1 is 1.43 bits per heavy atom. The Morgan fingerprint density at radius 3 is 2.95 bits per heavy atom. The molecule has 0 amide bonds. The average Bonchev–Trinajstić information content (AvgIpc) is 2.94. The van der Waals surface area contributed by atoms with E-state index in [0.717, 1.165) is 25.1 Å². The lowest BCUT2D eigenvalue weighted by atomic mass is 9.83. The molecule has 0 spiro atoms. The molecule has 2 aromatic rings. The molecule has 2 unspecified atom stereocenters. The Kier molecular flexibility index (Phi) is 3.68. The Hall–Kier alpha value is -2.24. The molecule has 21 heavy (non-hydrogen) atoms. The predicted octanol–water partition coefficient (Wildman–Crippen LogP) is 1.67. The van der Waals surface area contributed by atoms with Gasteiger partial charge in [-0.05, 0) is 40.8 Å². The van der Waals surface area contributed by atoms with Crippen LogP contribution in [0.25, 0.3) is 0 Å². The van der Waals surface area contributed by atoms with E-state index in [9.17, 15) is 4.79 Å². The van der Waals surface area contributed by atoms with Gasteiger partial charge in [0.2, 0.25) is 0 Å². The van der Waals surface area contributed by atoms with Crippen molar-refractivity contribution in [3.63, 3.8) is 0 Å². The maximum atomic E-state index is 11.0. The molecule has 0 aliphatic heterocycles. The lowest BCUT2D eigenvalue weighted by Gasteiger charge is -2.23. The van der Waals surface area contributed by atoms with Crippen molar-refractivity contribution < 1.29 is 9.90 Å². The van der Waals surface area contributed by atoms with Gasteiger partial charge in [-0.2, -0.15) is 0 Å². The Morgan fingerprint density at radius 2 is 2.19 bits per heavy atom. The third-order valence-electron chi connectivity index (χ3n) is 4.14. The van der Waals surface area contributed by atoms with Gasteiger partial charge in [0.05, 0.1) is 12.5 Å². The Labute approximate surface area is 122 Å². The fraction of sp³-hybridized carbons (Fsp3) is 0.467. The number of fused-ring (bicyclic) bond motifs is 1. The van der Waals surface area contributed by atoms with Crippen LogP contribution in [0.1, 0.15) is 36.2 Å². The van der Waals surface area contributed by atoms with Gasteiger partial charge in [0.1, 0.15) is 0 Å². The first-order valence-corrected chi connectivity index (χ1v) is 7.21.